The Balaban J connectivity index is 0.00000115. The van der Waals surface area contributed by atoms with Crippen molar-refractivity contribution in [2.75, 3.05) is 17.7 Å². The van der Waals surface area contributed by atoms with Crippen LogP contribution in [-0.4, -0.2) is 23.1 Å². The van der Waals surface area contributed by atoms with Gasteiger partial charge in [0, 0.05) is 13.1 Å². The standard InChI is InChI=1S/C28H32N4O.2C2H6/c1-5-16-28(6-2)17-22(18-28)32(4)27-25(26(29)30-19-31-27)20(3)21-12-14-24(15-13-21)33-23-10-8-7-9-11-23;2*1-2/h5,7-15,19,22H,1,3,6,16-18H2,2,4H3,(H2,29,30,31);2*1-2H3. The number of allylic oxidation sites excluding steroid dienone is 1. The first-order valence-corrected chi connectivity index (χ1v) is 13.4. The second-order valence-electron chi connectivity index (χ2n) is 8.89. The normalized spacial score (nSPS) is 17.6. The SMILES string of the molecule is C=CCC1(CC)CC(N(C)c2ncnc(N)c2C(=C)c2ccc(Oc3ccccc3)cc2)C1.CC.CC. The average Bonchev–Trinajstić information content (AvgIpc) is 2.93. The quantitative estimate of drug-likeness (QED) is 0.298. The van der Waals surface area contributed by atoms with E-state index in [9.17, 15) is 0 Å². The number of nitrogens with two attached hydrogens (primary N) is 1. The summed E-state index contributed by atoms with van der Waals surface area (Å²) in [5.41, 5.74) is 9.23. The lowest BCUT2D eigenvalue weighted by Crippen LogP contribution is -2.50. The van der Waals surface area contributed by atoms with E-state index >= 15 is 0 Å². The van der Waals surface area contributed by atoms with Crippen LogP contribution in [0.15, 0.2) is 80.2 Å². The third-order valence-electron chi connectivity index (χ3n) is 6.89. The summed E-state index contributed by atoms with van der Waals surface area (Å²) in [6.07, 6.45) is 8.02. The van der Waals surface area contributed by atoms with Gasteiger partial charge in [0.25, 0.3) is 0 Å². The van der Waals surface area contributed by atoms with E-state index in [2.05, 4.69) is 42.0 Å². The molecule has 5 heteroatoms. The topological polar surface area (TPSA) is 64.3 Å². The van der Waals surface area contributed by atoms with Gasteiger partial charge in [0.1, 0.15) is 29.5 Å². The second kappa shape index (κ2) is 14.2. The van der Waals surface area contributed by atoms with Crippen LogP contribution in [0.25, 0.3) is 5.57 Å². The van der Waals surface area contributed by atoms with Crippen molar-refractivity contribution in [1.82, 2.24) is 9.97 Å². The molecule has 1 aliphatic carbocycles. The average molecular weight is 501 g/mol. The molecule has 4 rings (SSSR count). The minimum atomic E-state index is 0.352. The van der Waals surface area contributed by atoms with Crippen molar-refractivity contribution in [3.63, 3.8) is 0 Å². The van der Waals surface area contributed by atoms with Crippen LogP contribution >= 0.6 is 0 Å². The first-order valence-electron chi connectivity index (χ1n) is 13.4. The molecule has 0 saturated heterocycles. The van der Waals surface area contributed by atoms with Gasteiger partial charge in [0.15, 0.2) is 0 Å². The fourth-order valence-corrected chi connectivity index (χ4v) is 4.73. The lowest BCUT2D eigenvalue weighted by Gasteiger charge is -2.51. The predicted octanol–water partition coefficient (Wildman–Crippen LogP) is 8.54. The van der Waals surface area contributed by atoms with E-state index < -0.39 is 0 Å². The summed E-state index contributed by atoms with van der Waals surface area (Å²) in [7, 11) is 2.09. The number of aromatic nitrogens is 2. The Morgan fingerprint density at radius 1 is 1.03 bits per heavy atom. The maximum absolute atomic E-state index is 6.34. The molecular formula is C32H44N4O. The molecule has 1 aromatic heterocycles. The van der Waals surface area contributed by atoms with E-state index in [1.807, 2.05) is 88.4 Å². The van der Waals surface area contributed by atoms with Gasteiger partial charge in [-0.05, 0) is 60.1 Å². The van der Waals surface area contributed by atoms with Gasteiger partial charge in [-0.25, -0.2) is 9.97 Å². The minimum absolute atomic E-state index is 0.352. The van der Waals surface area contributed by atoms with Crippen LogP contribution in [0.4, 0.5) is 11.6 Å². The zero-order chi connectivity index (χ0) is 27.4. The monoisotopic (exact) mass is 500 g/mol. The van der Waals surface area contributed by atoms with Crippen molar-refractivity contribution in [3.8, 4) is 11.5 Å². The van der Waals surface area contributed by atoms with E-state index in [-0.39, 0.29) is 0 Å². The number of nitrogen functional groups attached to an aromatic ring is 1. The summed E-state index contributed by atoms with van der Waals surface area (Å²) in [6, 6.07) is 18.0. The number of benzene rings is 2. The van der Waals surface area contributed by atoms with Crippen molar-refractivity contribution >= 4 is 17.2 Å². The molecule has 0 radical (unpaired) electrons. The van der Waals surface area contributed by atoms with Crippen LogP contribution in [0.3, 0.4) is 0 Å². The molecule has 198 valence electrons. The molecule has 0 bridgehead atoms. The number of para-hydroxylation sites is 1. The summed E-state index contributed by atoms with van der Waals surface area (Å²) in [5.74, 6) is 2.83. The Kier molecular flexibility index (Phi) is 11.4. The predicted molar refractivity (Wildman–Crippen MR) is 159 cm³/mol. The van der Waals surface area contributed by atoms with Crippen LogP contribution in [0, 0.1) is 5.41 Å². The van der Waals surface area contributed by atoms with Gasteiger partial charge in [-0.3, -0.25) is 0 Å². The first kappa shape index (κ1) is 29.6. The number of ether oxygens (including phenoxy) is 1. The maximum atomic E-state index is 6.34. The largest absolute Gasteiger partial charge is 0.457 e. The summed E-state index contributed by atoms with van der Waals surface area (Å²) >= 11 is 0. The molecule has 3 aromatic rings. The van der Waals surface area contributed by atoms with Crippen LogP contribution in [0.1, 0.15) is 71.4 Å². The molecule has 0 amide bonds. The number of nitrogens with zero attached hydrogens (tertiary/aromatic N) is 3. The Morgan fingerprint density at radius 2 is 1.62 bits per heavy atom. The zero-order valence-corrected chi connectivity index (χ0v) is 23.5. The highest BCUT2D eigenvalue weighted by atomic mass is 16.5. The van der Waals surface area contributed by atoms with Gasteiger partial charge < -0.3 is 15.4 Å². The maximum Gasteiger partial charge on any atom is 0.142 e. The van der Waals surface area contributed by atoms with Crippen LogP contribution in [0.2, 0.25) is 0 Å². The third kappa shape index (κ3) is 7.00. The number of anilines is 2. The molecular weight excluding hydrogens is 456 g/mol. The molecule has 1 aliphatic rings. The molecule has 1 saturated carbocycles. The molecule has 0 aliphatic heterocycles. The lowest BCUT2D eigenvalue weighted by molar-refractivity contribution is 0.0988. The summed E-state index contributed by atoms with van der Waals surface area (Å²) in [5, 5.41) is 0. The molecule has 0 atom stereocenters. The lowest BCUT2D eigenvalue weighted by atomic mass is 9.61. The van der Waals surface area contributed by atoms with Crippen LogP contribution in [-0.2, 0) is 0 Å². The fourth-order valence-electron chi connectivity index (χ4n) is 4.73. The van der Waals surface area contributed by atoms with Crippen LogP contribution < -0.4 is 15.4 Å². The van der Waals surface area contributed by atoms with Gasteiger partial charge in [-0.2, -0.15) is 0 Å². The van der Waals surface area contributed by atoms with Crippen molar-refractivity contribution < 1.29 is 4.74 Å². The Bertz CT molecular complexity index is 1120. The van der Waals surface area contributed by atoms with Crippen LogP contribution in [0.5, 0.6) is 11.5 Å². The smallest absolute Gasteiger partial charge is 0.142 e. The number of hydrogen-bond acceptors (Lipinski definition) is 5. The third-order valence-corrected chi connectivity index (χ3v) is 6.89. The number of rotatable bonds is 9. The summed E-state index contributed by atoms with van der Waals surface area (Å²) < 4.78 is 5.91. The molecule has 5 nitrogen and oxygen atoms in total. The van der Waals surface area contributed by atoms with Crippen molar-refractivity contribution in [1.29, 1.82) is 0 Å². The molecule has 1 heterocycles. The van der Waals surface area contributed by atoms with E-state index in [1.165, 1.54) is 6.33 Å². The molecule has 2 aromatic carbocycles. The molecule has 0 spiro atoms. The molecule has 1 fully saturated rings. The van der Waals surface area contributed by atoms with E-state index in [4.69, 9.17) is 10.5 Å². The van der Waals surface area contributed by atoms with Gasteiger partial charge in [-0.15, -0.1) is 6.58 Å². The van der Waals surface area contributed by atoms with E-state index in [0.717, 1.165) is 59.7 Å². The van der Waals surface area contributed by atoms with E-state index in [0.29, 0.717) is 17.3 Å². The summed E-state index contributed by atoms with van der Waals surface area (Å²) in [4.78, 5) is 11.1. The highest BCUT2D eigenvalue weighted by Crippen LogP contribution is 2.50. The van der Waals surface area contributed by atoms with Crippen molar-refractivity contribution in [2.24, 2.45) is 5.41 Å². The van der Waals surface area contributed by atoms with Gasteiger partial charge in [0.05, 0.1) is 5.56 Å². The Hall–Kier alpha value is -3.60. The zero-order valence-electron chi connectivity index (χ0n) is 23.5. The first-order chi connectivity index (χ1) is 18.0. The van der Waals surface area contributed by atoms with Crippen molar-refractivity contribution in [2.45, 2.75) is 66.3 Å². The van der Waals surface area contributed by atoms with Gasteiger partial charge in [-0.1, -0.05) is 84.0 Å². The second-order valence-corrected chi connectivity index (χ2v) is 8.89. The van der Waals surface area contributed by atoms with Crippen molar-refractivity contribution in [3.05, 3.63) is 91.3 Å². The summed E-state index contributed by atoms with van der Waals surface area (Å²) in [6.45, 7) is 18.6. The molecule has 0 unspecified atom stereocenters. The highest BCUT2D eigenvalue weighted by Gasteiger charge is 2.44. The fraction of sp³-hybridized carbons (Fsp3) is 0.375. The Labute approximate surface area is 224 Å². The van der Waals surface area contributed by atoms with Gasteiger partial charge in [0.2, 0.25) is 0 Å². The van der Waals surface area contributed by atoms with E-state index in [1.54, 1.807) is 0 Å². The highest BCUT2D eigenvalue weighted by molar-refractivity contribution is 5.88. The number of hydrogen-bond donors (Lipinski definition) is 1. The van der Waals surface area contributed by atoms with Gasteiger partial charge >= 0.3 is 0 Å². The minimum Gasteiger partial charge on any atom is -0.457 e. The molecule has 2 N–H and O–H groups in total. The molecule has 37 heavy (non-hydrogen) atoms. The Morgan fingerprint density at radius 3 is 2.19 bits per heavy atom.